The zero-order chi connectivity index (χ0) is 11.6. The summed E-state index contributed by atoms with van der Waals surface area (Å²) in [6.45, 7) is 19.1. The van der Waals surface area contributed by atoms with Crippen molar-refractivity contribution < 1.29 is 0 Å². The number of hydrogen-bond donors (Lipinski definition) is 0. The lowest BCUT2D eigenvalue weighted by Gasteiger charge is -2.52. The van der Waals surface area contributed by atoms with Gasteiger partial charge in [-0.2, -0.15) is 0 Å². The molecule has 0 heteroatoms. The second kappa shape index (κ2) is 4.68. The van der Waals surface area contributed by atoms with Gasteiger partial charge in [0.05, 0.1) is 0 Å². The summed E-state index contributed by atoms with van der Waals surface area (Å²) < 4.78 is 0. The summed E-state index contributed by atoms with van der Waals surface area (Å²) in [6.07, 6.45) is 2.57. The second-order valence-corrected chi connectivity index (χ2v) is 5.85. The molecule has 0 rings (SSSR count). The minimum Gasteiger partial charge on any atom is -0.0648 e. The van der Waals surface area contributed by atoms with Crippen molar-refractivity contribution in [2.24, 2.45) is 22.7 Å². The maximum atomic E-state index is 2.47. The quantitative estimate of drug-likeness (QED) is 0.574. The maximum absolute atomic E-state index is 2.47. The highest BCUT2D eigenvalue weighted by Crippen LogP contribution is 2.53. The second-order valence-electron chi connectivity index (χ2n) is 5.85. The van der Waals surface area contributed by atoms with Crippen LogP contribution in [0.25, 0.3) is 0 Å². The molecule has 0 saturated carbocycles. The first-order valence-corrected chi connectivity index (χ1v) is 6.26. The summed E-state index contributed by atoms with van der Waals surface area (Å²) >= 11 is 0. The van der Waals surface area contributed by atoms with E-state index < -0.39 is 0 Å². The standard InChI is InChI=1S/C14H30/c1-9-13(7,11(3)4)14(8,10-2)12(5)6/h11-12H,9-10H2,1-8H3. The van der Waals surface area contributed by atoms with Crippen molar-refractivity contribution in [3.63, 3.8) is 0 Å². The zero-order valence-electron chi connectivity index (χ0n) is 11.6. The highest BCUT2D eigenvalue weighted by atomic mass is 14.5. The van der Waals surface area contributed by atoms with Gasteiger partial charge < -0.3 is 0 Å². The highest BCUT2D eigenvalue weighted by molar-refractivity contribution is 4.94. The fraction of sp³-hybridized carbons (Fsp3) is 1.00. The summed E-state index contributed by atoms with van der Waals surface area (Å²) in [5.74, 6) is 1.53. The first kappa shape index (κ1) is 14.0. The molecule has 2 unspecified atom stereocenters. The third-order valence-electron chi connectivity index (χ3n) is 5.32. The minimum atomic E-state index is 0.468. The Balaban J connectivity index is 5.15. The lowest BCUT2D eigenvalue weighted by molar-refractivity contribution is -0.0269. The molecule has 0 saturated heterocycles. The Morgan fingerprint density at radius 2 is 0.929 bits per heavy atom. The average Bonchev–Trinajstić information content (AvgIpc) is 2.14. The van der Waals surface area contributed by atoms with Crippen molar-refractivity contribution in [2.75, 3.05) is 0 Å². The van der Waals surface area contributed by atoms with Gasteiger partial charge in [-0.15, -0.1) is 0 Å². The first-order chi connectivity index (χ1) is 6.26. The molecule has 0 heterocycles. The molecule has 0 spiro atoms. The molecule has 2 atom stereocenters. The Morgan fingerprint density at radius 1 is 0.714 bits per heavy atom. The van der Waals surface area contributed by atoms with Crippen LogP contribution in [0.2, 0.25) is 0 Å². The van der Waals surface area contributed by atoms with Gasteiger partial charge in [-0.05, 0) is 35.5 Å². The van der Waals surface area contributed by atoms with Gasteiger partial charge in [0, 0.05) is 0 Å². The summed E-state index contributed by atoms with van der Waals surface area (Å²) in [5.41, 5.74) is 0.936. The van der Waals surface area contributed by atoms with Gasteiger partial charge in [0.2, 0.25) is 0 Å². The van der Waals surface area contributed by atoms with Crippen molar-refractivity contribution in [1.82, 2.24) is 0 Å². The fourth-order valence-electron chi connectivity index (χ4n) is 2.94. The summed E-state index contributed by atoms with van der Waals surface area (Å²) in [7, 11) is 0. The Kier molecular flexibility index (Phi) is 4.68. The molecule has 14 heavy (non-hydrogen) atoms. The van der Waals surface area contributed by atoms with Crippen LogP contribution < -0.4 is 0 Å². The van der Waals surface area contributed by atoms with E-state index in [-0.39, 0.29) is 0 Å². The van der Waals surface area contributed by atoms with Gasteiger partial charge in [-0.3, -0.25) is 0 Å². The molecule has 0 bridgehead atoms. The van der Waals surface area contributed by atoms with Crippen LogP contribution in [0.3, 0.4) is 0 Å². The molecule has 0 aromatic rings. The van der Waals surface area contributed by atoms with Crippen molar-refractivity contribution in [3.05, 3.63) is 0 Å². The molecule has 0 nitrogen and oxygen atoms in total. The van der Waals surface area contributed by atoms with Crippen LogP contribution in [0.15, 0.2) is 0 Å². The molecule has 0 fully saturated rings. The number of hydrogen-bond acceptors (Lipinski definition) is 0. The Morgan fingerprint density at radius 3 is 1.00 bits per heavy atom. The number of rotatable bonds is 5. The van der Waals surface area contributed by atoms with Crippen LogP contribution in [-0.4, -0.2) is 0 Å². The predicted molar refractivity (Wildman–Crippen MR) is 66.5 cm³/mol. The normalized spacial score (nSPS) is 21.0. The zero-order valence-corrected chi connectivity index (χ0v) is 11.6. The summed E-state index contributed by atoms with van der Waals surface area (Å²) in [4.78, 5) is 0. The van der Waals surface area contributed by atoms with E-state index in [1.165, 1.54) is 12.8 Å². The van der Waals surface area contributed by atoms with E-state index in [1.54, 1.807) is 0 Å². The van der Waals surface area contributed by atoms with Gasteiger partial charge in [-0.1, -0.05) is 55.4 Å². The summed E-state index contributed by atoms with van der Waals surface area (Å²) in [6, 6.07) is 0. The highest BCUT2D eigenvalue weighted by Gasteiger charge is 2.45. The van der Waals surface area contributed by atoms with Crippen LogP contribution in [0.1, 0.15) is 68.2 Å². The SMILES string of the molecule is CCC(C)(C(C)C)C(C)(CC)C(C)C. The summed E-state index contributed by atoms with van der Waals surface area (Å²) in [5, 5.41) is 0. The Bertz CT molecular complexity index is 149. The minimum absolute atomic E-state index is 0.468. The first-order valence-electron chi connectivity index (χ1n) is 6.26. The predicted octanol–water partition coefficient (Wildman–Crippen LogP) is 5.13. The van der Waals surface area contributed by atoms with Crippen LogP contribution in [0.5, 0.6) is 0 Å². The average molecular weight is 198 g/mol. The van der Waals surface area contributed by atoms with Crippen LogP contribution in [0.4, 0.5) is 0 Å². The molecule has 86 valence electrons. The fourth-order valence-corrected chi connectivity index (χ4v) is 2.94. The van der Waals surface area contributed by atoms with E-state index >= 15 is 0 Å². The monoisotopic (exact) mass is 198 g/mol. The van der Waals surface area contributed by atoms with E-state index in [9.17, 15) is 0 Å². The van der Waals surface area contributed by atoms with E-state index in [0.717, 1.165) is 11.8 Å². The van der Waals surface area contributed by atoms with Crippen LogP contribution in [0, 0.1) is 22.7 Å². The smallest absolute Gasteiger partial charge is 0.0249 e. The molecular formula is C14H30. The van der Waals surface area contributed by atoms with Gasteiger partial charge in [0.25, 0.3) is 0 Å². The molecule has 0 aromatic carbocycles. The van der Waals surface area contributed by atoms with E-state index in [0.29, 0.717) is 10.8 Å². The molecular weight excluding hydrogens is 168 g/mol. The molecule has 0 aliphatic heterocycles. The van der Waals surface area contributed by atoms with Crippen molar-refractivity contribution in [1.29, 1.82) is 0 Å². The van der Waals surface area contributed by atoms with Gasteiger partial charge in [0.1, 0.15) is 0 Å². The molecule has 0 aliphatic rings. The largest absolute Gasteiger partial charge is 0.0648 e. The third-order valence-corrected chi connectivity index (χ3v) is 5.32. The third kappa shape index (κ3) is 1.99. The van der Waals surface area contributed by atoms with Gasteiger partial charge >= 0.3 is 0 Å². The molecule has 0 aromatic heterocycles. The van der Waals surface area contributed by atoms with Gasteiger partial charge in [-0.25, -0.2) is 0 Å². The topological polar surface area (TPSA) is 0 Å². The van der Waals surface area contributed by atoms with Crippen molar-refractivity contribution >= 4 is 0 Å². The Hall–Kier alpha value is 0. The molecule has 0 N–H and O–H groups in total. The van der Waals surface area contributed by atoms with E-state index in [2.05, 4.69) is 55.4 Å². The molecule has 0 aliphatic carbocycles. The molecule has 0 radical (unpaired) electrons. The van der Waals surface area contributed by atoms with Crippen LogP contribution in [-0.2, 0) is 0 Å². The van der Waals surface area contributed by atoms with Crippen molar-refractivity contribution in [2.45, 2.75) is 68.2 Å². The lowest BCUT2D eigenvalue weighted by Crippen LogP contribution is -2.44. The van der Waals surface area contributed by atoms with E-state index in [1.807, 2.05) is 0 Å². The Labute approximate surface area is 91.5 Å². The maximum Gasteiger partial charge on any atom is -0.0249 e. The van der Waals surface area contributed by atoms with Crippen LogP contribution >= 0.6 is 0 Å². The lowest BCUT2D eigenvalue weighted by atomic mass is 9.53. The molecule has 0 amide bonds. The van der Waals surface area contributed by atoms with E-state index in [4.69, 9.17) is 0 Å². The van der Waals surface area contributed by atoms with Crippen molar-refractivity contribution in [3.8, 4) is 0 Å². The van der Waals surface area contributed by atoms with Gasteiger partial charge in [0.15, 0.2) is 0 Å².